The second-order valence-electron chi connectivity index (χ2n) is 6.73. The summed E-state index contributed by atoms with van der Waals surface area (Å²) in [5.74, 6) is -0.225. The number of hydrogen-bond acceptors (Lipinski definition) is 8. The Morgan fingerprint density at radius 2 is 2.00 bits per heavy atom. The van der Waals surface area contributed by atoms with E-state index in [1.54, 1.807) is 31.7 Å². The van der Waals surface area contributed by atoms with Gasteiger partial charge in [-0.25, -0.2) is 14.6 Å². The molecule has 0 bridgehead atoms. The molecule has 1 fully saturated rings. The van der Waals surface area contributed by atoms with Gasteiger partial charge in [0.25, 0.3) is 0 Å². The van der Waals surface area contributed by atoms with Crippen LogP contribution >= 0.6 is 11.8 Å². The molecule has 0 spiro atoms. The average molecular weight is 384 g/mol. The highest BCUT2D eigenvalue weighted by molar-refractivity contribution is 7.98. The van der Waals surface area contributed by atoms with Crippen molar-refractivity contribution in [1.82, 2.24) is 14.9 Å². The molecule has 144 valence electrons. The zero-order valence-electron chi connectivity index (χ0n) is 15.6. The van der Waals surface area contributed by atoms with E-state index in [1.807, 2.05) is 6.26 Å². The maximum Gasteiger partial charge on any atom is 0.410 e. The number of methoxy groups -OCH3 is 1. The summed E-state index contributed by atoms with van der Waals surface area (Å²) in [6.45, 7) is 5.96. The molecule has 0 radical (unpaired) electrons. The number of aromatic nitrogens is 2. The van der Waals surface area contributed by atoms with Crippen LogP contribution < -0.4 is 9.64 Å². The third-order valence-electron chi connectivity index (χ3n) is 3.67. The van der Waals surface area contributed by atoms with Crippen LogP contribution in [0.5, 0.6) is 5.88 Å². The quantitative estimate of drug-likeness (QED) is 0.613. The molecule has 1 aromatic heterocycles. The number of thioether (sulfide) groups is 1. The fourth-order valence-electron chi connectivity index (χ4n) is 2.50. The zero-order valence-corrected chi connectivity index (χ0v) is 16.4. The van der Waals surface area contributed by atoms with Crippen LogP contribution in [0.15, 0.2) is 11.2 Å². The van der Waals surface area contributed by atoms with E-state index in [0.29, 0.717) is 29.9 Å². The molecule has 0 saturated carbocycles. The Balaban J connectivity index is 2.24. The van der Waals surface area contributed by atoms with Crippen LogP contribution in [0, 0.1) is 0 Å². The number of piperazine rings is 1. The van der Waals surface area contributed by atoms with Crippen molar-refractivity contribution in [2.45, 2.75) is 37.6 Å². The smallest absolute Gasteiger partial charge is 0.410 e. The molecular weight excluding hydrogens is 360 g/mol. The van der Waals surface area contributed by atoms with Crippen molar-refractivity contribution in [3.63, 3.8) is 0 Å². The van der Waals surface area contributed by atoms with Crippen LogP contribution in [-0.4, -0.2) is 76.7 Å². The molecule has 1 saturated heterocycles. The first-order chi connectivity index (χ1) is 12.1. The van der Waals surface area contributed by atoms with Crippen molar-refractivity contribution in [1.29, 1.82) is 0 Å². The molecule has 0 unspecified atom stereocenters. The van der Waals surface area contributed by atoms with E-state index in [9.17, 15) is 14.7 Å². The summed E-state index contributed by atoms with van der Waals surface area (Å²) in [5.41, 5.74) is -0.639. The highest BCUT2D eigenvalue weighted by Crippen LogP contribution is 2.25. The number of carbonyl (C=O) groups is 2. The Morgan fingerprint density at radius 1 is 1.31 bits per heavy atom. The van der Waals surface area contributed by atoms with Gasteiger partial charge in [0.05, 0.1) is 13.7 Å². The maximum atomic E-state index is 12.3. The van der Waals surface area contributed by atoms with E-state index in [-0.39, 0.29) is 6.54 Å². The largest absolute Gasteiger partial charge is 0.481 e. The minimum atomic E-state index is -1.04. The van der Waals surface area contributed by atoms with Gasteiger partial charge in [0, 0.05) is 19.2 Å². The van der Waals surface area contributed by atoms with Crippen molar-refractivity contribution in [3.05, 3.63) is 6.07 Å². The topological polar surface area (TPSA) is 105 Å². The van der Waals surface area contributed by atoms with E-state index in [0.717, 1.165) is 0 Å². The predicted molar refractivity (Wildman–Crippen MR) is 96.9 cm³/mol. The number of aliphatic carboxylic acids is 1. The molecule has 1 aliphatic heterocycles. The fourth-order valence-corrected chi connectivity index (χ4v) is 2.86. The molecular formula is C16H24N4O5S. The molecule has 0 aromatic carbocycles. The van der Waals surface area contributed by atoms with Crippen LogP contribution in [0.3, 0.4) is 0 Å². The number of anilines is 1. The summed E-state index contributed by atoms with van der Waals surface area (Å²) < 4.78 is 10.5. The van der Waals surface area contributed by atoms with Gasteiger partial charge in [-0.3, -0.25) is 0 Å². The number of amides is 1. The van der Waals surface area contributed by atoms with E-state index >= 15 is 0 Å². The fraction of sp³-hybridized carbons (Fsp3) is 0.625. The van der Waals surface area contributed by atoms with Crippen LogP contribution in [0.4, 0.5) is 10.6 Å². The molecule has 1 atom stereocenters. The lowest BCUT2D eigenvalue weighted by molar-refractivity contribution is -0.139. The molecule has 2 heterocycles. The van der Waals surface area contributed by atoms with Gasteiger partial charge >= 0.3 is 12.1 Å². The SMILES string of the molecule is COc1cc(N2CCN(C(=O)OC(C)(C)C)C[C@@H]2C(=O)O)nc(SC)n1. The minimum Gasteiger partial charge on any atom is -0.481 e. The first kappa shape index (κ1) is 20.1. The molecule has 2 rings (SSSR count). The standard InChI is InChI=1S/C16H24N4O5S/c1-16(2,3)25-15(23)19-6-7-20(10(9-19)13(21)22)11-8-12(24-4)18-14(17-11)26-5/h8,10H,6-7,9H2,1-5H3,(H,21,22)/t10-/m1/s1. The van der Waals surface area contributed by atoms with Gasteiger partial charge in [0.2, 0.25) is 5.88 Å². The van der Waals surface area contributed by atoms with E-state index in [2.05, 4.69) is 9.97 Å². The summed E-state index contributed by atoms with van der Waals surface area (Å²) in [6.07, 6.45) is 1.31. The predicted octanol–water partition coefficient (Wildman–Crippen LogP) is 1.72. The highest BCUT2D eigenvalue weighted by atomic mass is 32.2. The zero-order chi connectivity index (χ0) is 19.5. The summed E-state index contributed by atoms with van der Waals surface area (Å²) in [6, 6.07) is 0.657. The Labute approximate surface area is 156 Å². The molecule has 10 heteroatoms. The lowest BCUT2D eigenvalue weighted by Gasteiger charge is -2.40. The van der Waals surface area contributed by atoms with Gasteiger partial charge in [-0.15, -0.1) is 0 Å². The van der Waals surface area contributed by atoms with Crippen LogP contribution in [0.25, 0.3) is 0 Å². The number of hydrogen-bond donors (Lipinski definition) is 1. The Morgan fingerprint density at radius 3 is 2.54 bits per heavy atom. The lowest BCUT2D eigenvalue weighted by Crippen LogP contribution is -2.58. The Kier molecular flexibility index (Phi) is 6.17. The summed E-state index contributed by atoms with van der Waals surface area (Å²) in [4.78, 5) is 35.7. The van der Waals surface area contributed by atoms with Gasteiger partial charge in [0.1, 0.15) is 17.5 Å². The Bertz CT molecular complexity index is 657. The van der Waals surface area contributed by atoms with Crippen LogP contribution in [0.2, 0.25) is 0 Å². The molecule has 1 aromatic rings. The van der Waals surface area contributed by atoms with Gasteiger partial charge in [0.15, 0.2) is 5.16 Å². The molecule has 0 aliphatic carbocycles. The number of carboxylic acid groups (broad SMARTS) is 1. The van der Waals surface area contributed by atoms with Crippen molar-refractivity contribution >= 4 is 29.6 Å². The van der Waals surface area contributed by atoms with Gasteiger partial charge < -0.3 is 24.4 Å². The third-order valence-corrected chi connectivity index (χ3v) is 4.22. The first-order valence-electron chi connectivity index (χ1n) is 8.09. The first-order valence-corrected chi connectivity index (χ1v) is 9.31. The summed E-state index contributed by atoms with van der Waals surface area (Å²) >= 11 is 1.34. The van der Waals surface area contributed by atoms with E-state index in [1.165, 1.54) is 23.8 Å². The minimum absolute atomic E-state index is 0.00513. The van der Waals surface area contributed by atoms with E-state index < -0.39 is 23.7 Å². The summed E-state index contributed by atoms with van der Waals surface area (Å²) in [5, 5.41) is 10.1. The molecule has 1 N–H and O–H groups in total. The summed E-state index contributed by atoms with van der Waals surface area (Å²) in [7, 11) is 1.49. The number of carboxylic acids is 1. The number of ether oxygens (including phenoxy) is 2. The normalized spacial score (nSPS) is 17.8. The monoisotopic (exact) mass is 384 g/mol. The van der Waals surface area contributed by atoms with Crippen molar-refractivity contribution in [2.24, 2.45) is 0 Å². The van der Waals surface area contributed by atoms with Crippen LogP contribution in [0.1, 0.15) is 20.8 Å². The van der Waals surface area contributed by atoms with Crippen molar-refractivity contribution in [2.75, 3.05) is 37.9 Å². The Hall–Kier alpha value is -2.23. The number of nitrogens with zero attached hydrogens (tertiary/aromatic N) is 4. The van der Waals surface area contributed by atoms with Gasteiger partial charge in [-0.2, -0.15) is 4.98 Å². The third kappa shape index (κ3) is 4.90. The molecule has 26 heavy (non-hydrogen) atoms. The van der Waals surface area contributed by atoms with E-state index in [4.69, 9.17) is 9.47 Å². The van der Waals surface area contributed by atoms with Gasteiger partial charge in [-0.05, 0) is 27.0 Å². The molecule has 9 nitrogen and oxygen atoms in total. The van der Waals surface area contributed by atoms with Crippen molar-refractivity contribution in [3.8, 4) is 5.88 Å². The lowest BCUT2D eigenvalue weighted by atomic mass is 10.1. The molecule has 1 amide bonds. The average Bonchev–Trinajstić information content (AvgIpc) is 2.59. The van der Waals surface area contributed by atoms with Gasteiger partial charge in [-0.1, -0.05) is 11.8 Å². The van der Waals surface area contributed by atoms with Crippen LogP contribution in [-0.2, 0) is 9.53 Å². The second kappa shape index (κ2) is 7.98. The second-order valence-corrected chi connectivity index (χ2v) is 7.50. The maximum absolute atomic E-state index is 12.3. The highest BCUT2D eigenvalue weighted by Gasteiger charge is 2.37. The number of carbonyl (C=O) groups excluding carboxylic acids is 1. The number of rotatable bonds is 4. The van der Waals surface area contributed by atoms with Crippen molar-refractivity contribution < 1.29 is 24.2 Å². The molecule has 1 aliphatic rings.